The molecule has 0 aromatic carbocycles. The number of nitrogens with zero attached hydrogens (tertiary/aromatic N) is 4. The van der Waals surface area contributed by atoms with Crippen LogP contribution in [0.3, 0.4) is 0 Å². The fraction of sp³-hybridized carbons (Fsp3) is 0.615. The van der Waals surface area contributed by atoms with Crippen LogP contribution in [0, 0.1) is 0 Å². The molecule has 8 nitrogen and oxygen atoms in total. The highest BCUT2D eigenvalue weighted by Crippen LogP contribution is 2.44. The second kappa shape index (κ2) is 5.62. The molecule has 0 saturated carbocycles. The summed E-state index contributed by atoms with van der Waals surface area (Å²) in [4.78, 5) is 11.4. The summed E-state index contributed by atoms with van der Waals surface area (Å²) >= 11 is 6.44. The van der Waals surface area contributed by atoms with Gasteiger partial charge in [-0.1, -0.05) is 0 Å². The smallest absolute Gasteiger partial charge is 0.245 e. The number of hydrogen-bond donors (Lipinski definition) is 2. The second-order valence-corrected chi connectivity index (χ2v) is 6.06. The van der Waals surface area contributed by atoms with E-state index in [-0.39, 0.29) is 6.61 Å². The van der Waals surface area contributed by atoms with Crippen LogP contribution in [0.25, 0.3) is 11.2 Å². The van der Waals surface area contributed by atoms with Gasteiger partial charge in [-0.25, -0.2) is 9.97 Å². The number of aliphatic hydroxyl groups excluding tert-OH is 2. The molecule has 0 bridgehead atoms. The van der Waals surface area contributed by atoms with Crippen molar-refractivity contribution in [3.05, 3.63) is 12.7 Å². The minimum Gasteiger partial charge on any atom is -0.476 e. The maximum absolute atomic E-state index is 10.2. The number of alkyl halides is 1. The fourth-order valence-corrected chi connectivity index (χ4v) is 2.90. The molecule has 3 rings (SSSR count). The molecule has 1 aliphatic rings. The lowest BCUT2D eigenvalue weighted by Gasteiger charge is -2.26. The van der Waals surface area contributed by atoms with Gasteiger partial charge in [0.25, 0.3) is 0 Å². The van der Waals surface area contributed by atoms with E-state index in [0.29, 0.717) is 23.7 Å². The molecule has 1 aliphatic heterocycles. The van der Waals surface area contributed by atoms with Gasteiger partial charge in [-0.2, -0.15) is 4.98 Å². The Kier molecular flexibility index (Phi) is 3.94. The first-order chi connectivity index (χ1) is 10.5. The molecule has 0 unspecified atom stereocenters. The Morgan fingerprint density at radius 1 is 1.45 bits per heavy atom. The minimum atomic E-state index is -1.13. The zero-order valence-electron chi connectivity index (χ0n) is 12.2. The average Bonchev–Trinajstić information content (AvgIpc) is 3.01. The minimum absolute atomic E-state index is 0.328. The van der Waals surface area contributed by atoms with Gasteiger partial charge < -0.3 is 19.7 Å². The highest BCUT2D eigenvalue weighted by molar-refractivity contribution is 6.24. The standard InChI is InChI=1S/C13H17ClN4O4/c1-3-21-11-8-10(15-5-16-11)18(6-17-8)12-13(2,14)9(20)7(4-19)22-12/h5-7,9,12,19-20H,3-4H2,1-2H3/t7-,9-,12-,13-/m1/s1. The molecule has 120 valence electrons. The first kappa shape index (κ1) is 15.4. The Labute approximate surface area is 131 Å². The Bertz CT molecular complexity index is 677. The summed E-state index contributed by atoms with van der Waals surface area (Å²) in [6.45, 7) is 3.63. The van der Waals surface area contributed by atoms with Gasteiger partial charge in [0.05, 0.1) is 19.5 Å². The molecule has 1 saturated heterocycles. The number of hydrogen-bond acceptors (Lipinski definition) is 7. The second-order valence-electron chi connectivity index (χ2n) is 5.24. The van der Waals surface area contributed by atoms with Crippen molar-refractivity contribution in [1.29, 1.82) is 0 Å². The van der Waals surface area contributed by atoms with Gasteiger partial charge in [0.1, 0.15) is 23.4 Å². The zero-order chi connectivity index (χ0) is 15.9. The molecule has 4 atom stereocenters. The van der Waals surface area contributed by atoms with E-state index in [2.05, 4.69) is 15.0 Å². The number of rotatable bonds is 4. The van der Waals surface area contributed by atoms with E-state index in [4.69, 9.17) is 21.1 Å². The summed E-state index contributed by atoms with van der Waals surface area (Å²) in [5.41, 5.74) is 0.975. The Hall–Kier alpha value is -1.48. The molecule has 0 amide bonds. The maximum Gasteiger partial charge on any atom is 0.245 e. The lowest BCUT2D eigenvalue weighted by atomic mass is 10.0. The van der Waals surface area contributed by atoms with E-state index in [9.17, 15) is 10.2 Å². The highest BCUT2D eigenvalue weighted by Gasteiger charge is 2.53. The third-order valence-electron chi connectivity index (χ3n) is 3.76. The average molecular weight is 329 g/mol. The quantitative estimate of drug-likeness (QED) is 0.786. The van der Waals surface area contributed by atoms with E-state index < -0.39 is 23.3 Å². The molecule has 22 heavy (non-hydrogen) atoms. The molecule has 2 aromatic heterocycles. The first-order valence-corrected chi connectivity index (χ1v) is 7.32. The molecular formula is C13H17ClN4O4. The van der Waals surface area contributed by atoms with Crippen LogP contribution >= 0.6 is 11.6 Å². The largest absolute Gasteiger partial charge is 0.476 e. The summed E-state index contributed by atoms with van der Waals surface area (Å²) in [6.07, 6.45) is 0.370. The summed E-state index contributed by atoms with van der Waals surface area (Å²) in [5, 5.41) is 19.5. The van der Waals surface area contributed by atoms with Crippen molar-refractivity contribution >= 4 is 22.8 Å². The number of ether oxygens (including phenoxy) is 2. The van der Waals surface area contributed by atoms with Crippen LogP contribution in [-0.2, 0) is 4.74 Å². The number of aromatic nitrogens is 4. The lowest BCUT2D eigenvalue weighted by Crippen LogP contribution is -2.39. The van der Waals surface area contributed by atoms with Crippen LogP contribution in [0.1, 0.15) is 20.1 Å². The van der Waals surface area contributed by atoms with Crippen molar-refractivity contribution < 1.29 is 19.7 Å². The molecule has 2 aromatic rings. The molecule has 3 heterocycles. The van der Waals surface area contributed by atoms with Gasteiger partial charge in [-0.3, -0.25) is 4.57 Å². The third-order valence-corrected chi connectivity index (χ3v) is 4.17. The lowest BCUT2D eigenvalue weighted by molar-refractivity contribution is -0.0441. The zero-order valence-corrected chi connectivity index (χ0v) is 12.9. The SMILES string of the molecule is CCOc1ncnc2c1ncn2[C@@H]1O[C@H](CO)[C@@H](O)[C@@]1(C)Cl. The Morgan fingerprint density at radius 2 is 2.23 bits per heavy atom. The van der Waals surface area contributed by atoms with E-state index in [0.717, 1.165) is 0 Å². The number of halogens is 1. The molecule has 0 spiro atoms. The molecule has 2 N–H and O–H groups in total. The fourth-order valence-electron chi connectivity index (χ4n) is 2.61. The Balaban J connectivity index is 2.06. The number of fused-ring (bicyclic) bond motifs is 1. The predicted octanol–water partition coefficient (Wildman–Crippen LogP) is 0.473. The predicted molar refractivity (Wildman–Crippen MR) is 77.8 cm³/mol. The van der Waals surface area contributed by atoms with Crippen molar-refractivity contribution in [3.8, 4) is 5.88 Å². The van der Waals surface area contributed by atoms with Crippen molar-refractivity contribution in [1.82, 2.24) is 19.5 Å². The summed E-state index contributed by atoms with van der Waals surface area (Å²) in [6, 6.07) is 0. The molecule has 0 radical (unpaired) electrons. The van der Waals surface area contributed by atoms with Crippen molar-refractivity contribution in [3.63, 3.8) is 0 Å². The van der Waals surface area contributed by atoms with Crippen LogP contribution in [-0.4, -0.2) is 60.0 Å². The van der Waals surface area contributed by atoms with Gasteiger partial charge in [0.2, 0.25) is 5.88 Å². The van der Waals surface area contributed by atoms with Gasteiger partial charge >= 0.3 is 0 Å². The van der Waals surface area contributed by atoms with Crippen LogP contribution < -0.4 is 4.74 Å². The van der Waals surface area contributed by atoms with Gasteiger partial charge in [0, 0.05) is 0 Å². The highest BCUT2D eigenvalue weighted by atomic mass is 35.5. The van der Waals surface area contributed by atoms with E-state index in [1.54, 1.807) is 11.5 Å². The molecule has 1 fully saturated rings. The van der Waals surface area contributed by atoms with E-state index >= 15 is 0 Å². The van der Waals surface area contributed by atoms with Crippen molar-refractivity contribution in [2.45, 2.75) is 37.2 Å². The van der Waals surface area contributed by atoms with Crippen LogP contribution in [0.2, 0.25) is 0 Å². The van der Waals surface area contributed by atoms with E-state index in [1.165, 1.54) is 12.7 Å². The number of aliphatic hydroxyl groups is 2. The summed E-state index contributed by atoms with van der Waals surface area (Å²) < 4.78 is 12.7. The first-order valence-electron chi connectivity index (χ1n) is 6.94. The molecule has 0 aliphatic carbocycles. The Morgan fingerprint density at radius 3 is 2.86 bits per heavy atom. The maximum atomic E-state index is 10.2. The summed E-state index contributed by atoms with van der Waals surface area (Å²) in [5.74, 6) is 0.375. The van der Waals surface area contributed by atoms with Crippen LogP contribution in [0.15, 0.2) is 12.7 Å². The van der Waals surface area contributed by atoms with Crippen LogP contribution in [0.4, 0.5) is 0 Å². The molecular weight excluding hydrogens is 312 g/mol. The van der Waals surface area contributed by atoms with Crippen LogP contribution in [0.5, 0.6) is 5.88 Å². The van der Waals surface area contributed by atoms with Crippen molar-refractivity contribution in [2.24, 2.45) is 0 Å². The third kappa shape index (κ3) is 2.23. The van der Waals surface area contributed by atoms with Gasteiger partial charge in [0.15, 0.2) is 17.4 Å². The van der Waals surface area contributed by atoms with Gasteiger partial charge in [-0.15, -0.1) is 11.6 Å². The van der Waals surface area contributed by atoms with E-state index in [1.807, 2.05) is 6.92 Å². The number of imidazole rings is 1. The summed E-state index contributed by atoms with van der Waals surface area (Å²) in [7, 11) is 0. The normalized spacial score (nSPS) is 31.8. The van der Waals surface area contributed by atoms with Gasteiger partial charge in [-0.05, 0) is 13.8 Å². The van der Waals surface area contributed by atoms with Crippen molar-refractivity contribution in [2.75, 3.05) is 13.2 Å². The topological polar surface area (TPSA) is 103 Å². The molecule has 9 heteroatoms. The monoisotopic (exact) mass is 328 g/mol.